The number of nitrogens with one attached hydrogen (secondary N) is 1. The van der Waals surface area contributed by atoms with Gasteiger partial charge in [0.1, 0.15) is 24.2 Å². The van der Waals surface area contributed by atoms with Gasteiger partial charge in [0, 0.05) is 62.5 Å². The maximum atomic E-state index is 14.7. The first-order valence-corrected chi connectivity index (χ1v) is 13.6. The van der Waals surface area contributed by atoms with Gasteiger partial charge < -0.3 is 14.5 Å². The van der Waals surface area contributed by atoms with Crippen LogP contribution in [0.3, 0.4) is 0 Å². The molecule has 3 aromatic carbocycles. The van der Waals surface area contributed by atoms with Gasteiger partial charge in [-0.3, -0.25) is 24.6 Å². The standard InChI is InChI=1S/C31H31FN4O4/c32-23-16-25-26(19-36(31(25)39)27-9-10-29(37)33-30(27)38)28(17-23)35-13-11-34(12-14-35)18-22-7-4-8-24(15-22)40-20-21-5-2-1-3-6-21/h1-8,15-17,27H,9-14,18-20H2,(H,33,37,38). The Kier molecular flexibility index (Phi) is 7.21. The van der Waals surface area contributed by atoms with Crippen molar-refractivity contribution in [3.05, 3.63) is 94.8 Å². The van der Waals surface area contributed by atoms with Crippen molar-refractivity contribution < 1.29 is 23.5 Å². The highest BCUT2D eigenvalue weighted by atomic mass is 19.1. The molecule has 0 aromatic heterocycles. The Morgan fingerprint density at radius 3 is 2.45 bits per heavy atom. The van der Waals surface area contributed by atoms with Crippen molar-refractivity contribution in [3.63, 3.8) is 0 Å². The lowest BCUT2D eigenvalue weighted by molar-refractivity contribution is -0.136. The summed E-state index contributed by atoms with van der Waals surface area (Å²) in [6, 6.07) is 20.2. The fourth-order valence-corrected chi connectivity index (χ4v) is 5.77. The molecule has 3 amide bonds. The van der Waals surface area contributed by atoms with Gasteiger partial charge in [0.2, 0.25) is 11.8 Å². The predicted octanol–water partition coefficient (Wildman–Crippen LogP) is 3.49. The molecule has 0 bridgehead atoms. The second-order valence-electron chi connectivity index (χ2n) is 10.5. The molecule has 206 valence electrons. The summed E-state index contributed by atoms with van der Waals surface area (Å²) >= 11 is 0. The highest BCUT2D eigenvalue weighted by molar-refractivity contribution is 6.06. The normalized spacial score (nSPS) is 19.5. The average molecular weight is 543 g/mol. The van der Waals surface area contributed by atoms with Gasteiger partial charge >= 0.3 is 0 Å². The first-order chi connectivity index (χ1) is 19.4. The molecule has 8 nitrogen and oxygen atoms in total. The summed E-state index contributed by atoms with van der Waals surface area (Å²) in [5.41, 5.74) is 4.03. The molecule has 1 unspecified atom stereocenters. The SMILES string of the molecule is O=C1CCC(N2Cc3c(cc(F)cc3N3CCN(Cc4cccc(OCc5ccccc5)c4)CC3)C2=O)C(=O)N1. The lowest BCUT2D eigenvalue weighted by Gasteiger charge is -2.37. The van der Waals surface area contributed by atoms with Crippen molar-refractivity contribution in [1.82, 2.24) is 15.1 Å². The summed E-state index contributed by atoms with van der Waals surface area (Å²) in [7, 11) is 0. The minimum absolute atomic E-state index is 0.182. The van der Waals surface area contributed by atoms with Gasteiger partial charge in [-0.25, -0.2) is 4.39 Å². The number of hydrogen-bond donors (Lipinski definition) is 1. The van der Waals surface area contributed by atoms with E-state index in [-0.39, 0.29) is 31.2 Å². The number of carbonyl (C=O) groups excluding carboxylic acids is 3. The van der Waals surface area contributed by atoms with Gasteiger partial charge in [0.25, 0.3) is 5.91 Å². The molecule has 2 saturated heterocycles. The van der Waals surface area contributed by atoms with E-state index >= 15 is 0 Å². The fourth-order valence-electron chi connectivity index (χ4n) is 5.77. The van der Waals surface area contributed by atoms with Crippen LogP contribution in [0.25, 0.3) is 0 Å². The molecule has 3 heterocycles. The predicted molar refractivity (Wildman–Crippen MR) is 147 cm³/mol. The summed E-state index contributed by atoms with van der Waals surface area (Å²) in [6.45, 7) is 4.46. The van der Waals surface area contributed by atoms with Crippen LogP contribution < -0.4 is 15.0 Å². The van der Waals surface area contributed by atoms with Crippen molar-refractivity contribution in [2.24, 2.45) is 0 Å². The second-order valence-corrected chi connectivity index (χ2v) is 10.5. The maximum absolute atomic E-state index is 14.7. The number of piperazine rings is 1. The molecular weight excluding hydrogens is 511 g/mol. The number of carbonyl (C=O) groups is 3. The first kappa shape index (κ1) is 26.0. The molecule has 0 saturated carbocycles. The number of piperidine rings is 1. The Morgan fingerprint density at radius 1 is 0.900 bits per heavy atom. The van der Waals surface area contributed by atoms with Crippen LogP contribution in [0, 0.1) is 5.82 Å². The van der Waals surface area contributed by atoms with Gasteiger partial charge in [-0.2, -0.15) is 0 Å². The summed E-state index contributed by atoms with van der Waals surface area (Å²) in [5, 5.41) is 2.32. The average Bonchev–Trinajstić information content (AvgIpc) is 3.28. The zero-order valence-electron chi connectivity index (χ0n) is 22.1. The fraction of sp³-hybridized carbons (Fsp3) is 0.323. The number of imide groups is 1. The highest BCUT2D eigenvalue weighted by Crippen LogP contribution is 2.35. The van der Waals surface area contributed by atoms with E-state index in [1.807, 2.05) is 42.5 Å². The third-order valence-corrected chi connectivity index (χ3v) is 7.86. The molecule has 3 aliphatic heterocycles. The molecule has 2 fully saturated rings. The Labute approximate surface area is 232 Å². The van der Waals surface area contributed by atoms with Crippen LogP contribution in [0.4, 0.5) is 10.1 Å². The summed E-state index contributed by atoms with van der Waals surface area (Å²) < 4.78 is 20.7. The quantitative estimate of drug-likeness (QED) is 0.461. The molecule has 3 aromatic rings. The highest BCUT2D eigenvalue weighted by Gasteiger charge is 2.41. The van der Waals surface area contributed by atoms with Crippen LogP contribution in [-0.4, -0.2) is 59.7 Å². The molecule has 0 radical (unpaired) electrons. The lowest BCUT2D eigenvalue weighted by atomic mass is 10.0. The Bertz CT molecular complexity index is 1440. The Balaban J connectivity index is 1.09. The molecule has 3 aliphatic rings. The first-order valence-electron chi connectivity index (χ1n) is 13.6. The second kappa shape index (κ2) is 11.1. The third kappa shape index (κ3) is 5.42. The number of hydrogen-bond acceptors (Lipinski definition) is 6. The van der Waals surface area contributed by atoms with Crippen LogP contribution in [0.2, 0.25) is 0 Å². The number of ether oxygens (including phenoxy) is 1. The van der Waals surface area contributed by atoms with Crippen molar-refractivity contribution in [1.29, 1.82) is 0 Å². The topological polar surface area (TPSA) is 82.2 Å². The van der Waals surface area contributed by atoms with Crippen LogP contribution in [-0.2, 0) is 29.3 Å². The molecule has 1 atom stereocenters. The van der Waals surface area contributed by atoms with E-state index in [0.29, 0.717) is 30.9 Å². The van der Waals surface area contributed by atoms with E-state index in [9.17, 15) is 18.8 Å². The van der Waals surface area contributed by atoms with Crippen molar-refractivity contribution in [2.45, 2.75) is 38.6 Å². The van der Waals surface area contributed by atoms with Gasteiger partial charge in [-0.15, -0.1) is 0 Å². The van der Waals surface area contributed by atoms with Crippen molar-refractivity contribution >= 4 is 23.4 Å². The van der Waals surface area contributed by atoms with Crippen molar-refractivity contribution in [3.8, 4) is 5.75 Å². The molecule has 6 rings (SSSR count). The molecule has 9 heteroatoms. The zero-order valence-corrected chi connectivity index (χ0v) is 22.1. The number of amides is 3. The van der Waals surface area contributed by atoms with E-state index < -0.39 is 17.8 Å². The molecule has 0 spiro atoms. The lowest BCUT2D eigenvalue weighted by Crippen LogP contribution is -2.52. The van der Waals surface area contributed by atoms with Gasteiger partial charge in [0.05, 0.1) is 0 Å². The summed E-state index contributed by atoms with van der Waals surface area (Å²) in [4.78, 5) is 43.1. The number of halogens is 1. The molecule has 40 heavy (non-hydrogen) atoms. The van der Waals surface area contributed by atoms with Crippen LogP contribution >= 0.6 is 0 Å². The number of rotatable bonds is 7. The Morgan fingerprint density at radius 2 is 1.68 bits per heavy atom. The van der Waals surface area contributed by atoms with Crippen LogP contribution in [0.5, 0.6) is 5.75 Å². The number of nitrogens with zero attached hydrogens (tertiary/aromatic N) is 3. The van der Waals surface area contributed by atoms with Gasteiger partial charge in [0.15, 0.2) is 0 Å². The molecule has 1 N–H and O–H groups in total. The summed E-state index contributed by atoms with van der Waals surface area (Å²) in [5.74, 6) is -0.801. The monoisotopic (exact) mass is 542 g/mol. The van der Waals surface area contributed by atoms with E-state index in [1.165, 1.54) is 17.0 Å². The van der Waals surface area contributed by atoms with Crippen LogP contribution in [0.1, 0.15) is 39.9 Å². The van der Waals surface area contributed by atoms with Crippen LogP contribution in [0.15, 0.2) is 66.7 Å². The minimum Gasteiger partial charge on any atom is -0.489 e. The minimum atomic E-state index is -0.724. The third-order valence-electron chi connectivity index (χ3n) is 7.86. The van der Waals surface area contributed by atoms with Gasteiger partial charge in [-0.05, 0) is 41.8 Å². The molecular formula is C31H31FN4O4. The van der Waals surface area contributed by atoms with Crippen molar-refractivity contribution in [2.75, 3.05) is 31.1 Å². The number of benzene rings is 3. The van der Waals surface area contributed by atoms with E-state index in [2.05, 4.69) is 27.2 Å². The van der Waals surface area contributed by atoms with E-state index in [0.717, 1.165) is 42.1 Å². The molecule has 0 aliphatic carbocycles. The Hall–Kier alpha value is -4.24. The largest absolute Gasteiger partial charge is 0.489 e. The number of anilines is 1. The summed E-state index contributed by atoms with van der Waals surface area (Å²) in [6.07, 6.45) is 0.459. The smallest absolute Gasteiger partial charge is 0.255 e. The number of fused-ring (bicyclic) bond motifs is 1. The zero-order chi connectivity index (χ0) is 27.6. The van der Waals surface area contributed by atoms with Gasteiger partial charge in [-0.1, -0.05) is 42.5 Å². The van der Waals surface area contributed by atoms with E-state index in [1.54, 1.807) is 0 Å². The van der Waals surface area contributed by atoms with E-state index in [4.69, 9.17) is 4.74 Å². The maximum Gasteiger partial charge on any atom is 0.255 e.